The van der Waals surface area contributed by atoms with E-state index in [-0.39, 0.29) is 18.0 Å². The van der Waals surface area contributed by atoms with Crippen LogP contribution in [0.5, 0.6) is 0 Å². The van der Waals surface area contributed by atoms with Crippen molar-refractivity contribution >= 4 is 11.9 Å². The zero-order valence-corrected chi connectivity index (χ0v) is 11.0. The number of furan rings is 1. The van der Waals surface area contributed by atoms with Gasteiger partial charge in [0.2, 0.25) is 5.91 Å². The average molecular weight is 278 g/mol. The molecule has 0 aliphatic rings. The molecule has 2 aromatic heterocycles. The van der Waals surface area contributed by atoms with Gasteiger partial charge in [-0.25, -0.2) is 14.5 Å². The number of nitrogens with zero attached hydrogens (tertiary/aromatic N) is 3. The van der Waals surface area contributed by atoms with E-state index in [0.29, 0.717) is 11.5 Å². The van der Waals surface area contributed by atoms with Gasteiger partial charge < -0.3 is 14.8 Å². The van der Waals surface area contributed by atoms with Gasteiger partial charge in [0.25, 0.3) is 0 Å². The number of aromatic nitrogens is 3. The minimum atomic E-state index is -1.06. The Balaban J connectivity index is 1.97. The molecule has 0 spiro atoms. The van der Waals surface area contributed by atoms with Crippen LogP contribution < -0.4 is 5.32 Å². The fraction of sp³-hybridized carbons (Fsp3) is 0.333. The number of nitrogens with one attached hydrogen (secondary N) is 1. The van der Waals surface area contributed by atoms with E-state index < -0.39 is 12.0 Å². The van der Waals surface area contributed by atoms with Crippen LogP contribution in [0.2, 0.25) is 0 Å². The first kappa shape index (κ1) is 13.8. The molecule has 0 aliphatic heterocycles. The molecule has 1 atom stereocenters. The maximum Gasteiger partial charge on any atom is 0.339 e. The summed E-state index contributed by atoms with van der Waals surface area (Å²) in [5.41, 5.74) is 0.0959. The largest absolute Gasteiger partial charge is 0.478 e. The lowest BCUT2D eigenvalue weighted by atomic mass is 10.2. The van der Waals surface area contributed by atoms with Gasteiger partial charge in [-0.1, -0.05) is 0 Å². The highest BCUT2D eigenvalue weighted by molar-refractivity contribution is 5.88. The number of hydrogen-bond donors (Lipinski definition) is 2. The van der Waals surface area contributed by atoms with Crippen LogP contribution in [0.4, 0.5) is 0 Å². The van der Waals surface area contributed by atoms with Crippen molar-refractivity contribution in [3.8, 4) is 0 Å². The fourth-order valence-electron chi connectivity index (χ4n) is 1.70. The van der Waals surface area contributed by atoms with Crippen LogP contribution in [0.25, 0.3) is 0 Å². The Bertz CT molecular complexity index is 617. The maximum absolute atomic E-state index is 11.9. The third-order valence-electron chi connectivity index (χ3n) is 2.85. The van der Waals surface area contributed by atoms with Crippen LogP contribution >= 0.6 is 0 Å². The second kappa shape index (κ2) is 5.55. The molecule has 106 valence electrons. The Morgan fingerprint density at radius 2 is 2.30 bits per heavy atom. The maximum atomic E-state index is 11.9. The van der Waals surface area contributed by atoms with Crippen molar-refractivity contribution in [3.63, 3.8) is 0 Å². The summed E-state index contributed by atoms with van der Waals surface area (Å²) in [5.74, 6) is -0.619. The topological polar surface area (TPSA) is 110 Å². The number of aromatic carboxylic acids is 1. The molecular weight excluding hydrogens is 264 g/mol. The highest BCUT2D eigenvalue weighted by Crippen LogP contribution is 2.14. The van der Waals surface area contributed by atoms with Gasteiger partial charge >= 0.3 is 5.97 Å². The van der Waals surface area contributed by atoms with Gasteiger partial charge in [0.15, 0.2) is 0 Å². The Labute approximate surface area is 114 Å². The number of rotatable bonds is 5. The second-order valence-electron chi connectivity index (χ2n) is 4.26. The molecule has 2 heterocycles. The molecule has 1 amide bonds. The first-order chi connectivity index (χ1) is 9.49. The smallest absolute Gasteiger partial charge is 0.339 e. The van der Waals surface area contributed by atoms with Crippen molar-refractivity contribution in [2.24, 2.45) is 0 Å². The SMILES string of the molecule is Cc1oc(CNC(=O)C(C)n2cncn2)cc1C(=O)O. The molecule has 2 N–H and O–H groups in total. The van der Waals surface area contributed by atoms with Crippen LogP contribution in [0, 0.1) is 6.92 Å². The van der Waals surface area contributed by atoms with Crippen LogP contribution in [0.1, 0.15) is 34.8 Å². The number of carboxylic acids is 1. The van der Waals surface area contributed by atoms with Crippen LogP contribution in [0.3, 0.4) is 0 Å². The number of amides is 1. The van der Waals surface area contributed by atoms with E-state index in [2.05, 4.69) is 15.4 Å². The number of carboxylic acid groups (broad SMARTS) is 1. The van der Waals surface area contributed by atoms with E-state index in [1.807, 2.05) is 0 Å². The molecular formula is C12H14N4O4. The first-order valence-corrected chi connectivity index (χ1v) is 5.93. The zero-order chi connectivity index (χ0) is 14.7. The number of aryl methyl sites for hydroxylation is 1. The van der Waals surface area contributed by atoms with Crippen molar-refractivity contribution in [3.05, 3.63) is 35.8 Å². The second-order valence-corrected chi connectivity index (χ2v) is 4.26. The Morgan fingerprint density at radius 3 is 2.85 bits per heavy atom. The quantitative estimate of drug-likeness (QED) is 0.835. The number of carbonyl (C=O) groups excluding carboxylic acids is 1. The van der Waals surface area contributed by atoms with E-state index in [1.165, 1.54) is 23.4 Å². The minimum Gasteiger partial charge on any atom is -0.478 e. The predicted molar refractivity (Wildman–Crippen MR) is 67.0 cm³/mol. The molecule has 0 saturated carbocycles. The van der Waals surface area contributed by atoms with Gasteiger partial charge in [-0.2, -0.15) is 5.10 Å². The molecule has 0 radical (unpaired) electrons. The summed E-state index contributed by atoms with van der Waals surface area (Å²) in [7, 11) is 0. The first-order valence-electron chi connectivity index (χ1n) is 5.93. The Kier molecular flexibility index (Phi) is 3.83. The lowest BCUT2D eigenvalue weighted by Crippen LogP contribution is -2.30. The Morgan fingerprint density at radius 1 is 1.55 bits per heavy atom. The molecule has 2 aromatic rings. The standard InChI is InChI=1S/C12H14N4O4/c1-7(16-6-13-5-15-16)11(17)14-4-9-3-10(12(18)19)8(2)20-9/h3,5-7H,4H2,1-2H3,(H,14,17)(H,18,19). The summed E-state index contributed by atoms with van der Waals surface area (Å²) < 4.78 is 6.69. The lowest BCUT2D eigenvalue weighted by Gasteiger charge is -2.10. The van der Waals surface area contributed by atoms with Crippen LogP contribution in [-0.4, -0.2) is 31.7 Å². The van der Waals surface area contributed by atoms with Gasteiger partial charge in [-0.15, -0.1) is 0 Å². The van der Waals surface area contributed by atoms with Crippen molar-refractivity contribution in [1.29, 1.82) is 0 Å². The lowest BCUT2D eigenvalue weighted by molar-refractivity contribution is -0.124. The van der Waals surface area contributed by atoms with Crippen molar-refractivity contribution in [2.75, 3.05) is 0 Å². The molecule has 0 aliphatic carbocycles. The van der Waals surface area contributed by atoms with Gasteiger partial charge in [-0.3, -0.25) is 4.79 Å². The zero-order valence-electron chi connectivity index (χ0n) is 11.0. The van der Waals surface area contributed by atoms with Crippen molar-refractivity contribution < 1.29 is 19.1 Å². The number of hydrogen-bond acceptors (Lipinski definition) is 5. The minimum absolute atomic E-state index is 0.0959. The summed E-state index contributed by atoms with van der Waals surface area (Å²) in [6, 6.07) is 0.894. The van der Waals surface area contributed by atoms with E-state index in [1.54, 1.807) is 13.8 Å². The van der Waals surface area contributed by atoms with E-state index >= 15 is 0 Å². The molecule has 0 bridgehead atoms. The summed E-state index contributed by atoms with van der Waals surface area (Å²) in [4.78, 5) is 26.5. The molecule has 1 unspecified atom stereocenters. The van der Waals surface area contributed by atoms with E-state index in [4.69, 9.17) is 9.52 Å². The van der Waals surface area contributed by atoms with Gasteiger partial charge in [-0.05, 0) is 19.9 Å². The summed E-state index contributed by atoms with van der Waals surface area (Å²) in [5, 5.41) is 15.4. The molecule has 8 nitrogen and oxygen atoms in total. The number of carbonyl (C=O) groups is 2. The van der Waals surface area contributed by atoms with Gasteiger partial charge in [0, 0.05) is 0 Å². The average Bonchev–Trinajstić information content (AvgIpc) is 3.04. The summed E-state index contributed by atoms with van der Waals surface area (Å²) in [6.07, 6.45) is 2.79. The van der Waals surface area contributed by atoms with Gasteiger partial charge in [0.05, 0.1) is 6.54 Å². The van der Waals surface area contributed by atoms with Gasteiger partial charge in [0.1, 0.15) is 35.8 Å². The van der Waals surface area contributed by atoms with Crippen LogP contribution in [-0.2, 0) is 11.3 Å². The third kappa shape index (κ3) is 2.85. The predicted octanol–water partition coefficient (Wildman–Crippen LogP) is 0.755. The summed E-state index contributed by atoms with van der Waals surface area (Å²) in [6.45, 7) is 3.36. The highest BCUT2D eigenvalue weighted by atomic mass is 16.4. The summed E-state index contributed by atoms with van der Waals surface area (Å²) >= 11 is 0. The Hall–Kier alpha value is -2.64. The van der Waals surface area contributed by atoms with Crippen molar-refractivity contribution in [1.82, 2.24) is 20.1 Å². The monoisotopic (exact) mass is 278 g/mol. The van der Waals surface area contributed by atoms with Crippen molar-refractivity contribution in [2.45, 2.75) is 26.4 Å². The molecule has 0 fully saturated rings. The molecule has 20 heavy (non-hydrogen) atoms. The molecule has 0 aromatic carbocycles. The van der Waals surface area contributed by atoms with Crippen LogP contribution in [0.15, 0.2) is 23.1 Å². The fourth-order valence-corrected chi connectivity index (χ4v) is 1.70. The van der Waals surface area contributed by atoms with E-state index in [9.17, 15) is 9.59 Å². The molecule has 2 rings (SSSR count). The van der Waals surface area contributed by atoms with E-state index in [0.717, 1.165) is 0 Å². The molecule has 8 heteroatoms. The third-order valence-corrected chi connectivity index (χ3v) is 2.85. The molecule has 0 saturated heterocycles. The normalized spacial score (nSPS) is 12.1. The highest BCUT2D eigenvalue weighted by Gasteiger charge is 2.17.